The van der Waals surface area contributed by atoms with Crippen molar-refractivity contribution in [3.8, 4) is 0 Å². The number of hydrogen-bond acceptors (Lipinski definition) is 2. The van der Waals surface area contributed by atoms with Gasteiger partial charge in [0.2, 0.25) is 5.91 Å². The molecule has 1 amide bonds. The molecule has 3 nitrogen and oxygen atoms in total. The van der Waals surface area contributed by atoms with Crippen molar-refractivity contribution in [2.75, 3.05) is 13.1 Å². The summed E-state index contributed by atoms with van der Waals surface area (Å²) < 4.78 is 0. The minimum absolute atomic E-state index is 0. The van der Waals surface area contributed by atoms with Crippen LogP contribution in [0.2, 0.25) is 0 Å². The first-order valence-corrected chi connectivity index (χ1v) is 8.32. The molecule has 3 heterocycles. The van der Waals surface area contributed by atoms with Gasteiger partial charge in [-0.15, -0.1) is 12.4 Å². The summed E-state index contributed by atoms with van der Waals surface area (Å²) in [5.74, 6) is 2.80. The van der Waals surface area contributed by atoms with Crippen LogP contribution in [0.3, 0.4) is 0 Å². The largest absolute Gasteiger partial charge is 0.342 e. The van der Waals surface area contributed by atoms with E-state index >= 15 is 0 Å². The maximum absolute atomic E-state index is 12.5. The van der Waals surface area contributed by atoms with Gasteiger partial charge in [-0.2, -0.15) is 0 Å². The zero-order valence-corrected chi connectivity index (χ0v) is 13.0. The maximum atomic E-state index is 12.5. The molecule has 1 aliphatic carbocycles. The van der Waals surface area contributed by atoms with Gasteiger partial charge in [0, 0.05) is 31.6 Å². The summed E-state index contributed by atoms with van der Waals surface area (Å²) in [7, 11) is 0. The number of amides is 1. The third kappa shape index (κ3) is 2.71. The van der Waals surface area contributed by atoms with Crippen molar-refractivity contribution >= 4 is 18.3 Å². The quantitative estimate of drug-likeness (QED) is 0.850. The molecule has 1 saturated carbocycles. The predicted molar refractivity (Wildman–Crippen MR) is 81.9 cm³/mol. The van der Waals surface area contributed by atoms with Gasteiger partial charge in [0.1, 0.15) is 0 Å². The van der Waals surface area contributed by atoms with Crippen molar-refractivity contribution < 1.29 is 4.79 Å². The Morgan fingerprint density at radius 2 is 1.60 bits per heavy atom. The van der Waals surface area contributed by atoms with E-state index in [-0.39, 0.29) is 12.4 Å². The van der Waals surface area contributed by atoms with Gasteiger partial charge in [0.05, 0.1) is 0 Å². The lowest BCUT2D eigenvalue weighted by Crippen LogP contribution is -2.40. The number of halogens is 1. The molecule has 4 rings (SSSR count). The van der Waals surface area contributed by atoms with Crippen LogP contribution < -0.4 is 5.32 Å². The molecule has 0 radical (unpaired) electrons. The third-order valence-corrected chi connectivity index (χ3v) is 6.11. The highest BCUT2D eigenvalue weighted by Crippen LogP contribution is 2.39. The summed E-state index contributed by atoms with van der Waals surface area (Å²) in [6.45, 7) is 2.14. The summed E-state index contributed by atoms with van der Waals surface area (Å²) in [5.41, 5.74) is 0. The second-order valence-corrected chi connectivity index (χ2v) is 7.43. The molecule has 4 atom stereocenters. The molecule has 4 unspecified atom stereocenters. The van der Waals surface area contributed by atoms with Crippen LogP contribution in [-0.4, -0.2) is 36.0 Å². The number of piperidine rings is 1. The van der Waals surface area contributed by atoms with Gasteiger partial charge in [-0.05, 0) is 56.3 Å². The zero-order chi connectivity index (χ0) is 12.8. The normalized spacial score (nSPS) is 42.4. The number of rotatable bonds is 2. The Morgan fingerprint density at radius 3 is 2.20 bits per heavy atom. The SMILES string of the molecule is Cl.O=C(CC1CC2CCC(C1)N2)N1CC2CCCC2C1. The van der Waals surface area contributed by atoms with Crippen molar-refractivity contribution in [3.63, 3.8) is 0 Å². The number of hydrogen-bond donors (Lipinski definition) is 1. The molecule has 3 aliphatic heterocycles. The average molecular weight is 299 g/mol. The van der Waals surface area contributed by atoms with Crippen LogP contribution in [0.4, 0.5) is 0 Å². The van der Waals surface area contributed by atoms with E-state index < -0.39 is 0 Å². The predicted octanol–water partition coefficient (Wildman–Crippen LogP) is 2.59. The fraction of sp³-hybridized carbons (Fsp3) is 0.938. The van der Waals surface area contributed by atoms with Crippen LogP contribution in [0, 0.1) is 17.8 Å². The van der Waals surface area contributed by atoms with E-state index in [1.54, 1.807) is 0 Å². The van der Waals surface area contributed by atoms with Crippen LogP contribution in [-0.2, 0) is 4.79 Å². The molecule has 20 heavy (non-hydrogen) atoms. The van der Waals surface area contributed by atoms with Gasteiger partial charge in [-0.25, -0.2) is 0 Å². The van der Waals surface area contributed by atoms with Gasteiger partial charge >= 0.3 is 0 Å². The number of nitrogens with one attached hydrogen (secondary N) is 1. The lowest BCUT2D eigenvalue weighted by molar-refractivity contribution is -0.131. The van der Waals surface area contributed by atoms with E-state index in [2.05, 4.69) is 10.2 Å². The lowest BCUT2D eigenvalue weighted by atomic mass is 9.89. The fourth-order valence-corrected chi connectivity index (χ4v) is 5.16. The van der Waals surface area contributed by atoms with E-state index in [1.807, 2.05) is 0 Å². The molecular formula is C16H27ClN2O. The summed E-state index contributed by atoms with van der Waals surface area (Å²) in [6, 6.07) is 1.43. The summed E-state index contributed by atoms with van der Waals surface area (Å²) in [5, 5.41) is 3.67. The molecule has 4 heteroatoms. The molecule has 4 aliphatic rings. The highest BCUT2D eigenvalue weighted by Gasteiger charge is 2.39. The zero-order valence-electron chi connectivity index (χ0n) is 12.2. The first-order valence-electron chi connectivity index (χ1n) is 8.32. The molecule has 0 aromatic rings. The second kappa shape index (κ2) is 5.84. The molecule has 4 fully saturated rings. The van der Waals surface area contributed by atoms with Crippen molar-refractivity contribution in [1.29, 1.82) is 0 Å². The Labute approximate surface area is 128 Å². The number of fused-ring (bicyclic) bond motifs is 3. The summed E-state index contributed by atoms with van der Waals surface area (Å²) in [4.78, 5) is 14.7. The molecule has 0 spiro atoms. The van der Waals surface area contributed by atoms with E-state index in [0.29, 0.717) is 11.8 Å². The number of carbonyl (C=O) groups excluding carboxylic acids is 1. The lowest BCUT2D eigenvalue weighted by Gasteiger charge is -2.30. The van der Waals surface area contributed by atoms with Crippen LogP contribution in [0.25, 0.3) is 0 Å². The summed E-state index contributed by atoms with van der Waals surface area (Å²) >= 11 is 0. The standard InChI is InChI=1S/C16H26N2O.ClH/c19-16(18-9-12-2-1-3-13(12)10-18)8-11-6-14-4-5-15(7-11)17-14;/h11-15,17H,1-10H2;1H. The Kier molecular flexibility index (Phi) is 4.28. The Bertz CT molecular complexity index is 351. The molecule has 0 aromatic carbocycles. The minimum atomic E-state index is 0. The van der Waals surface area contributed by atoms with Gasteiger partial charge in [-0.3, -0.25) is 4.79 Å². The maximum Gasteiger partial charge on any atom is 0.222 e. The minimum Gasteiger partial charge on any atom is -0.342 e. The first kappa shape index (κ1) is 14.6. The topological polar surface area (TPSA) is 32.3 Å². The van der Waals surface area contributed by atoms with Crippen LogP contribution in [0.1, 0.15) is 51.4 Å². The molecule has 0 aromatic heterocycles. The van der Waals surface area contributed by atoms with Crippen molar-refractivity contribution in [1.82, 2.24) is 10.2 Å². The molecule has 1 N–H and O–H groups in total. The van der Waals surface area contributed by atoms with E-state index in [9.17, 15) is 4.79 Å². The Morgan fingerprint density at radius 1 is 1.00 bits per heavy atom. The fourth-order valence-electron chi connectivity index (χ4n) is 5.16. The average Bonchev–Trinajstić information content (AvgIpc) is 3.03. The highest BCUT2D eigenvalue weighted by atomic mass is 35.5. The van der Waals surface area contributed by atoms with Gasteiger partial charge in [-0.1, -0.05) is 6.42 Å². The van der Waals surface area contributed by atoms with Crippen LogP contribution in [0.15, 0.2) is 0 Å². The molecule has 2 bridgehead atoms. The van der Waals surface area contributed by atoms with E-state index in [1.165, 1.54) is 44.9 Å². The van der Waals surface area contributed by atoms with E-state index in [4.69, 9.17) is 0 Å². The van der Waals surface area contributed by atoms with E-state index in [0.717, 1.165) is 43.4 Å². The van der Waals surface area contributed by atoms with Gasteiger partial charge in [0.25, 0.3) is 0 Å². The van der Waals surface area contributed by atoms with Crippen LogP contribution >= 0.6 is 12.4 Å². The molecular weight excluding hydrogens is 272 g/mol. The first-order chi connectivity index (χ1) is 9.28. The number of carbonyl (C=O) groups is 1. The second-order valence-electron chi connectivity index (χ2n) is 7.43. The van der Waals surface area contributed by atoms with Crippen LogP contribution in [0.5, 0.6) is 0 Å². The monoisotopic (exact) mass is 298 g/mol. The van der Waals surface area contributed by atoms with Crippen molar-refractivity contribution in [2.45, 2.75) is 63.5 Å². The van der Waals surface area contributed by atoms with Crippen molar-refractivity contribution in [2.24, 2.45) is 17.8 Å². The number of likely N-dealkylation sites (tertiary alicyclic amines) is 1. The van der Waals surface area contributed by atoms with Gasteiger partial charge in [0.15, 0.2) is 0 Å². The molecule has 114 valence electrons. The van der Waals surface area contributed by atoms with Gasteiger partial charge < -0.3 is 10.2 Å². The molecule has 3 saturated heterocycles. The third-order valence-electron chi connectivity index (χ3n) is 6.11. The Hall–Kier alpha value is -0.280. The number of nitrogens with zero attached hydrogens (tertiary/aromatic N) is 1. The highest BCUT2D eigenvalue weighted by molar-refractivity contribution is 5.85. The van der Waals surface area contributed by atoms with Crippen molar-refractivity contribution in [3.05, 3.63) is 0 Å². The smallest absolute Gasteiger partial charge is 0.222 e. The Balaban J connectivity index is 0.00000121. The summed E-state index contributed by atoms with van der Waals surface area (Å²) in [6.07, 6.45) is 10.1.